The van der Waals surface area contributed by atoms with Gasteiger partial charge in [-0.3, -0.25) is 0 Å². The van der Waals surface area contributed by atoms with Crippen LogP contribution in [0.15, 0.2) is 30.3 Å². The number of halogens is 2. The molecule has 10 heteroatoms. The molecule has 1 aromatic heterocycles. The van der Waals surface area contributed by atoms with E-state index >= 15 is 0 Å². The molecule has 0 spiro atoms. The Bertz CT molecular complexity index is 967. The Morgan fingerprint density at radius 2 is 1.26 bits per heavy atom. The van der Waals surface area contributed by atoms with Crippen molar-refractivity contribution in [3.8, 4) is 0 Å². The third-order valence-electron chi connectivity index (χ3n) is 5.79. The molecule has 2 saturated heterocycles. The summed E-state index contributed by atoms with van der Waals surface area (Å²) in [7, 11) is -3.67. The highest BCUT2D eigenvalue weighted by molar-refractivity contribution is 7.88. The minimum Gasteiger partial charge on any atom is -0.355 e. The molecule has 0 unspecified atom stereocenters. The van der Waals surface area contributed by atoms with Crippen molar-refractivity contribution in [2.24, 2.45) is 0 Å². The van der Waals surface area contributed by atoms with Gasteiger partial charge in [-0.05, 0) is 42.7 Å². The van der Waals surface area contributed by atoms with Gasteiger partial charge >= 0.3 is 0 Å². The fourth-order valence-corrected chi connectivity index (χ4v) is 5.64. The molecule has 0 N–H and O–H groups in total. The highest BCUT2D eigenvalue weighted by Crippen LogP contribution is 2.21. The van der Waals surface area contributed by atoms with Crippen molar-refractivity contribution in [1.29, 1.82) is 0 Å². The van der Waals surface area contributed by atoms with Crippen molar-refractivity contribution < 1.29 is 17.2 Å². The molecular weight excluding hydrogens is 424 g/mol. The van der Waals surface area contributed by atoms with Crippen molar-refractivity contribution in [1.82, 2.24) is 14.5 Å². The quantitative estimate of drug-likeness (QED) is 0.696. The zero-order valence-electron chi connectivity index (χ0n) is 17.4. The van der Waals surface area contributed by atoms with Gasteiger partial charge in [0.25, 0.3) is 0 Å². The minimum absolute atomic E-state index is 0.106. The van der Waals surface area contributed by atoms with Crippen LogP contribution >= 0.6 is 0 Å². The van der Waals surface area contributed by atoms with Crippen molar-refractivity contribution >= 4 is 21.7 Å². The van der Waals surface area contributed by atoms with Gasteiger partial charge in [-0.2, -0.15) is 4.31 Å². The van der Waals surface area contributed by atoms with Gasteiger partial charge in [0.15, 0.2) is 11.6 Å². The first-order chi connectivity index (χ1) is 14.9. The van der Waals surface area contributed by atoms with Crippen LogP contribution in [0.2, 0.25) is 0 Å². The minimum atomic E-state index is -3.67. The van der Waals surface area contributed by atoms with Gasteiger partial charge in [-0.25, -0.2) is 17.2 Å². The number of hydrogen-bond acceptors (Lipinski definition) is 6. The van der Waals surface area contributed by atoms with E-state index in [2.05, 4.69) is 15.1 Å². The monoisotopic (exact) mass is 451 g/mol. The van der Waals surface area contributed by atoms with E-state index in [4.69, 9.17) is 0 Å². The van der Waals surface area contributed by atoms with Crippen molar-refractivity contribution in [3.63, 3.8) is 0 Å². The average molecular weight is 452 g/mol. The highest BCUT2D eigenvalue weighted by atomic mass is 32.2. The molecule has 3 heterocycles. The molecule has 0 aliphatic carbocycles. The van der Waals surface area contributed by atoms with E-state index < -0.39 is 27.4 Å². The number of benzene rings is 1. The van der Waals surface area contributed by atoms with Crippen molar-refractivity contribution in [2.75, 3.05) is 49.1 Å². The fourth-order valence-electron chi connectivity index (χ4n) is 4.15. The molecule has 0 atom stereocenters. The molecule has 2 aliphatic rings. The van der Waals surface area contributed by atoms with Gasteiger partial charge in [0, 0.05) is 45.3 Å². The summed E-state index contributed by atoms with van der Waals surface area (Å²) < 4.78 is 53.5. The lowest BCUT2D eigenvalue weighted by Gasteiger charge is -2.34. The smallest absolute Gasteiger partial charge is 0.218 e. The summed E-state index contributed by atoms with van der Waals surface area (Å²) in [5.74, 6) is -0.377. The number of rotatable bonds is 5. The van der Waals surface area contributed by atoms with Crippen LogP contribution < -0.4 is 9.80 Å². The van der Waals surface area contributed by atoms with E-state index in [-0.39, 0.29) is 18.7 Å². The Morgan fingerprint density at radius 3 is 1.77 bits per heavy atom. The molecule has 1 aromatic carbocycles. The zero-order valence-corrected chi connectivity index (χ0v) is 18.2. The highest BCUT2D eigenvalue weighted by Gasteiger charge is 2.28. The first-order valence-electron chi connectivity index (χ1n) is 10.7. The maximum atomic E-state index is 13.4. The molecule has 0 saturated carbocycles. The number of aromatic nitrogens is 2. The van der Waals surface area contributed by atoms with Crippen LogP contribution in [0.1, 0.15) is 31.2 Å². The second-order valence-corrected chi connectivity index (χ2v) is 10.0. The van der Waals surface area contributed by atoms with E-state index in [1.807, 2.05) is 17.0 Å². The molecule has 168 valence electrons. The van der Waals surface area contributed by atoms with Crippen LogP contribution in [0, 0.1) is 11.6 Å². The Kier molecular flexibility index (Phi) is 6.66. The fraction of sp³-hybridized carbons (Fsp3) is 0.524. The predicted molar refractivity (Wildman–Crippen MR) is 115 cm³/mol. The largest absolute Gasteiger partial charge is 0.355 e. The first-order valence-corrected chi connectivity index (χ1v) is 12.3. The molecule has 31 heavy (non-hydrogen) atoms. The van der Waals surface area contributed by atoms with E-state index in [1.54, 1.807) is 0 Å². The Labute approximate surface area is 181 Å². The third-order valence-corrected chi connectivity index (χ3v) is 7.64. The second-order valence-electron chi connectivity index (χ2n) is 8.07. The predicted octanol–water partition coefficient (Wildman–Crippen LogP) is 2.79. The van der Waals surface area contributed by atoms with E-state index in [0.29, 0.717) is 13.1 Å². The summed E-state index contributed by atoms with van der Waals surface area (Å²) in [5, 5.41) is 8.76. The summed E-state index contributed by atoms with van der Waals surface area (Å²) in [6, 6.07) is 6.76. The van der Waals surface area contributed by atoms with Gasteiger partial charge < -0.3 is 9.80 Å². The van der Waals surface area contributed by atoms with Crippen LogP contribution in [-0.4, -0.2) is 62.2 Å². The number of nitrogens with zero attached hydrogens (tertiary/aromatic N) is 5. The lowest BCUT2D eigenvalue weighted by atomic mass is 10.2. The normalized spacial score (nSPS) is 18.8. The summed E-state index contributed by atoms with van der Waals surface area (Å²) in [6.07, 6.45) is 4.84. The molecule has 4 rings (SSSR count). The lowest BCUT2D eigenvalue weighted by Crippen LogP contribution is -2.49. The number of piperazine rings is 1. The SMILES string of the molecule is O=S(=O)(Cc1cc(F)cc(F)c1)N1CCN(c2ccc(N3CCCCCC3)nn2)CC1. The molecule has 0 amide bonds. The van der Waals surface area contributed by atoms with Gasteiger partial charge in [-0.1, -0.05) is 12.8 Å². The summed E-state index contributed by atoms with van der Waals surface area (Å²) in [4.78, 5) is 4.27. The topological polar surface area (TPSA) is 69.6 Å². The van der Waals surface area contributed by atoms with Crippen LogP contribution in [-0.2, 0) is 15.8 Å². The van der Waals surface area contributed by atoms with Gasteiger partial charge in [0.05, 0.1) is 5.75 Å². The van der Waals surface area contributed by atoms with Gasteiger partial charge in [-0.15, -0.1) is 10.2 Å². The van der Waals surface area contributed by atoms with E-state index in [1.165, 1.54) is 30.0 Å². The zero-order chi connectivity index (χ0) is 21.8. The second kappa shape index (κ2) is 9.44. The van der Waals surface area contributed by atoms with E-state index in [0.717, 1.165) is 42.9 Å². The summed E-state index contributed by atoms with van der Waals surface area (Å²) in [6.45, 7) is 3.54. The Morgan fingerprint density at radius 1 is 0.742 bits per heavy atom. The third kappa shape index (κ3) is 5.48. The van der Waals surface area contributed by atoms with Crippen molar-refractivity contribution in [2.45, 2.75) is 31.4 Å². The maximum absolute atomic E-state index is 13.4. The van der Waals surface area contributed by atoms with E-state index in [9.17, 15) is 17.2 Å². The summed E-state index contributed by atoms with van der Waals surface area (Å²) >= 11 is 0. The van der Waals surface area contributed by atoms with Crippen molar-refractivity contribution in [3.05, 3.63) is 47.5 Å². The first kappa shape index (κ1) is 21.9. The van der Waals surface area contributed by atoms with Crippen LogP contribution in [0.4, 0.5) is 20.4 Å². The molecule has 7 nitrogen and oxygen atoms in total. The number of hydrogen-bond donors (Lipinski definition) is 0. The Balaban J connectivity index is 1.35. The molecule has 0 radical (unpaired) electrons. The number of sulfonamides is 1. The van der Waals surface area contributed by atoms with Gasteiger partial charge in [0.2, 0.25) is 10.0 Å². The van der Waals surface area contributed by atoms with Crippen LogP contribution in [0.5, 0.6) is 0 Å². The molecule has 2 aliphatic heterocycles. The molecule has 0 bridgehead atoms. The standard InChI is InChI=1S/C21H27F2N5O2S/c22-18-13-17(14-19(23)15-18)16-31(29,30)28-11-9-27(10-12-28)21-6-5-20(24-25-21)26-7-3-1-2-4-8-26/h5-6,13-15H,1-4,7-12,16H2. The maximum Gasteiger partial charge on any atom is 0.218 e. The molecular formula is C21H27F2N5O2S. The summed E-state index contributed by atoms with van der Waals surface area (Å²) in [5.41, 5.74) is 0.106. The lowest BCUT2D eigenvalue weighted by molar-refractivity contribution is 0.383. The van der Waals surface area contributed by atoms with Gasteiger partial charge in [0.1, 0.15) is 11.6 Å². The number of anilines is 2. The van der Waals surface area contributed by atoms with Crippen LogP contribution in [0.3, 0.4) is 0 Å². The molecule has 2 aromatic rings. The van der Waals surface area contributed by atoms with Crippen LogP contribution in [0.25, 0.3) is 0 Å². The molecule has 2 fully saturated rings. The average Bonchev–Trinajstić information content (AvgIpc) is 3.02. The Hall–Kier alpha value is -2.33.